The number of hydrogen-bond donors (Lipinski definition) is 2. The van der Waals surface area contributed by atoms with Crippen molar-refractivity contribution in [3.63, 3.8) is 0 Å². The maximum absolute atomic E-state index is 13.3. The molecule has 0 fully saturated rings. The Morgan fingerprint density at radius 2 is 2.04 bits per heavy atom. The first-order valence-corrected chi connectivity index (χ1v) is 8.08. The van der Waals surface area contributed by atoms with E-state index in [2.05, 4.69) is 20.3 Å². The predicted molar refractivity (Wildman–Crippen MR) is 94.0 cm³/mol. The molecule has 0 saturated heterocycles. The third-order valence-corrected chi connectivity index (χ3v) is 3.83. The third kappa shape index (κ3) is 3.02. The van der Waals surface area contributed by atoms with Crippen LogP contribution in [0.3, 0.4) is 0 Å². The molecule has 1 atom stereocenters. The molecule has 0 radical (unpaired) electrons. The summed E-state index contributed by atoms with van der Waals surface area (Å²) in [7, 11) is 0. The lowest BCUT2D eigenvalue weighted by Crippen LogP contribution is -2.16. The van der Waals surface area contributed by atoms with Crippen LogP contribution in [0.25, 0.3) is 28.5 Å². The van der Waals surface area contributed by atoms with Crippen LogP contribution in [-0.4, -0.2) is 37.1 Å². The molecule has 0 aliphatic rings. The Kier molecular flexibility index (Phi) is 4.10. The van der Waals surface area contributed by atoms with Crippen LogP contribution in [0.15, 0.2) is 53.4 Å². The van der Waals surface area contributed by atoms with E-state index in [1.807, 2.05) is 0 Å². The first-order chi connectivity index (χ1) is 12.6. The maximum atomic E-state index is 13.3. The second-order valence-corrected chi connectivity index (χ2v) is 5.87. The summed E-state index contributed by atoms with van der Waals surface area (Å²) in [5, 5.41) is 12.4. The van der Waals surface area contributed by atoms with Crippen molar-refractivity contribution in [2.45, 2.75) is 13.0 Å². The fraction of sp³-hybridized carbons (Fsp3) is 0.167. The van der Waals surface area contributed by atoms with Crippen molar-refractivity contribution in [2.24, 2.45) is 0 Å². The molecule has 0 bridgehead atoms. The van der Waals surface area contributed by atoms with E-state index in [0.717, 1.165) is 5.56 Å². The molecule has 26 heavy (non-hydrogen) atoms. The second-order valence-electron chi connectivity index (χ2n) is 5.87. The fourth-order valence-electron chi connectivity index (χ4n) is 2.65. The summed E-state index contributed by atoms with van der Waals surface area (Å²) in [6, 6.07) is 7.85. The minimum atomic E-state index is -0.521. The molecule has 0 saturated carbocycles. The molecular weight excluding hydrogens is 337 g/mol. The van der Waals surface area contributed by atoms with Crippen molar-refractivity contribution in [2.75, 3.05) is 11.9 Å². The smallest absolute Gasteiger partial charge is 0.306 e. The van der Waals surface area contributed by atoms with E-state index in [1.54, 1.807) is 41.9 Å². The number of aliphatic hydroxyl groups is 1. The number of benzene rings is 1. The summed E-state index contributed by atoms with van der Waals surface area (Å²) in [5.41, 5.74) is 2.71. The third-order valence-electron chi connectivity index (χ3n) is 3.83. The average Bonchev–Trinajstić information content (AvgIpc) is 3.22. The van der Waals surface area contributed by atoms with Crippen LogP contribution < -0.4 is 5.32 Å². The zero-order valence-electron chi connectivity index (χ0n) is 13.9. The van der Waals surface area contributed by atoms with Crippen LogP contribution in [-0.2, 0) is 0 Å². The van der Waals surface area contributed by atoms with Gasteiger partial charge in [0.25, 0.3) is 0 Å². The van der Waals surface area contributed by atoms with E-state index in [9.17, 15) is 9.50 Å². The quantitative estimate of drug-likeness (QED) is 0.573. The summed E-state index contributed by atoms with van der Waals surface area (Å²) in [6.07, 6.45) is 4.39. The number of halogens is 1. The molecule has 0 amide bonds. The first kappa shape index (κ1) is 16.2. The number of fused-ring (bicyclic) bond motifs is 1. The van der Waals surface area contributed by atoms with Crippen LogP contribution in [0.4, 0.5) is 10.3 Å². The van der Waals surface area contributed by atoms with E-state index < -0.39 is 6.10 Å². The zero-order valence-corrected chi connectivity index (χ0v) is 13.9. The lowest BCUT2D eigenvalue weighted by atomic mass is 10.1. The second kappa shape index (κ2) is 6.57. The molecule has 3 heterocycles. The monoisotopic (exact) mass is 353 g/mol. The van der Waals surface area contributed by atoms with Gasteiger partial charge < -0.3 is 14.8 Å². The normalized spacial score (nSPS) is 12.4. The van der Waals surface area contributed by atoms with Crippen molar-refractivity contribution < 1.29 is 13.9 Å². The van der Waals surface area contributed by atoms with Gasteiger partial charge in [-0.1, -0.05) is 0 Å². The first-order valence-electron chi connectivity index (χ1n) is 8.08. The summed E-state index contributed by atoms with van der Waals surface area (Å²) in [6.45, 7) is 2.01. The molecule has 4 rings (SSSR count). The Morgan fingerprint density at radius 3 is 2.81 bits per heavy atom. The minimum absolute atomic E-state index is 0.315. The van der Waals surface area contributed by atoms with Crippen LogP contribution in [0.5, 0.6) is 0 Å². The summed E-state index contributed by atoms with van der Waals surface area (Å²) in [4.78, 5) is 13.2. The molecular formula is C18H16FN5O2. The number of nitrogens with zero attached hydrogens (tertiary/aromatic N) is 4. The van der Waals surface area contributed by atoms with E-state index in [0.29, 0.717) is 35.4 Å². The number of nitrogens with one attached hydrogen (secondary N) is 1. The van der Waals surface area contributed by atoms with Crippen molar-refractivity contribution in [1.29, 1.82) is 0 Å². The lowest BCUT2D eigenvalue weighted by Gasteiger charge is -2.08. The van der Waals surface area contributed by atoms with Crippen molar-refractivity contribution in [3.8, 4) is 22.6 Å². The van der Waals surface area contributed by atoms with E-state index in [-0.39, 0.29) is 5.82 Å². The topological polar surface area (TPSA) is 88.5 Å². The number of imidazole rings is 1. The van der Waals surface area contributed by atoms with E-state index in [1.165, 1.54) is 18.4 Å². The Bertz CT molecular complexity index is 1040. The van der Waals surface area contributed by atoms with Gasteiger partial charge in [-0.25, -0.2) is 14.4 Å². The van der Waals surface area contributed by atoms with Gasteiger partial charge in [0.2, 0.25) is 5.95 Å². The molecule has 132 valence electrons. The van der Waals surface area contributed by atoms with Crippen LogP contribution in [0.1, 0.15) is 6.92 Å². The molecule has 3 aromatic heterocycles. The Balaban J connectivity index is 1.83. The van der Waals surface area contributed by atoms with Crippen LogP contribution in [0.2, 0.25) is 0 Å². The van der Waals surface area contributed by atoms with E-state index >= 15 is 0 Å². The van der Waals surface area contributed by atoms with E-state index in [4.69, 9.17) is 4.42 Å². The van der Waals surface area contributed by atoms with Crippen molar-refractivity contribution in [3.05, 3.63) is 54.8 Å². The fourth-order valence-corrected chi connectivity index (χ4v) is 2.65. The zero-order chi connectivity index (χ0) is 18.1. The Hall–Kier alpha value is -3.26. The highest BCUT2D eigenvalue weighted by atomic mass is 19.1. The molecule has 0 spiro atoms. The average molecular weight is 353 g/mol. The van der Waals surface area contributed by atoms with Gasteiger partial charge in [0.1, 0.15) is 23.5 Å². The van der Waals surface area contributed by atoms with Gasteiger partial charge >= 0.3 is 5.84 Å². The number of aliphatic hydroxyl groups excluding tert-OH is 1. The molecule has 0 aliphatic heterocycles. The molecule has 0 aliphatic carbocycles. The van der Waals surface area contributed by atoms with Crippen LogP contribution >= 0.6 is 0 Å². The summed E-state index contributed by atoms with van der Waals surface area (Å²) >= 11 is 0. The molecule has 7 nitrogen and oxygen atoms in total. The van der Waals surface area contributed by atoms with Gasteiger partial charge in [-0.05, 0) is 37.3 Å². The van der Waals surface area contributed by atoms with Gasteiger partial charge in [0.05, 0.1) is 11.8 Å². The van der Waals surface area contributed by atoms with Gasteiger partial charge in [-0.15, -0.1) is 0 Å². The van der Waals surface area contributed by atoms with Gasteiger partial charge in [-0.3, -0.25) is 4.40 Å². The summed E-state index contributed by atoms with van der Waals surface area (Å²) in [5.74, 6) is 0.494. The van der Waals surface area contributed by atoms with Gasteiger partial charge in [-0.2, -0.15) is 4.98 Å². The molecule has 4 aromatic rings. The van der Waals surface area contributed by atoms with Crippen LogP contribution in [0, 0.1) is 5.82 Å². The maximum Gasteiger partial charge on any atom is 0.306 e. The van der Waals surface area contributed by atoms with Gasteiger partial charge in [0.15, 0.2) is 0 Å². The standard InChI is InChI=1S/C18H16FN5O2/c1-11(25)10-21-17-20-7-6-14(22-17)16-15(12-2-4-13(19)5-3-12)23-18-24(16)8-9-26-18/h2-9,11,25H,10H2,1H3,(H,20,21,22). The highest BCUT2D eigenvalue weighted by molar-refractivity contribution is 5.79. The lowest BCUT2D eigenvalue weighted by molar-refractivity contribution is 0.208. The van der Waals surface area contributed by atoms with Gasteiger partial charge in [0, 0.05) is 24.5 Å². The number of rotatable bonds is 5. The predicted octanol–water partition coefficient (Wildman–Crippen LogP) is 2.98. The molecule has 2 N–H and O–H groups in total. The highest BCUT2D eigenvalue weighted by Gasteiger charge is 2.19. The Morgan fingerprint density at radius 1 is 1.23 bits per heavy atom. The highest BCUT2D eigenvalue weighted by Crippen LogP contribution is 2.32. The molecule has 1 unspecified atom stereocenters. The number of aromatic nitrogens is 4. The number of hydrogen-bond acceptors (Lipinski definition) is 6. The molecule has 8 heteroatoms. The SMILES string of the molecule is CC(O)CNc1nccc(-c2c(-c3ccc(F)cc3)nc3occn23)n1. The van der Waals surface area contributed by atoms with Crippen molar-refractivity contribution in [1.82, 2.24) is 19.4 Å². The summed E-state index contributed by atoms with van der Waals surface area (Å²) < 4.78 is 20.5. The molecule has 1 aromatic carbocycles. The van der Waals surface area contributed by atoms with Crippen molar-refractivity contribution >= 4 is 11.8 Å². The Labute approximate surface area is 148 Å². The number of anilines is 1. The number of oxazole rings is 1. The minimum Gasteiger partial charge on any atom is -0.432 e. The largest absolute Gasteiger partial charge is 0.432 e.